The van der Waals surface area contributed by atoms with Crippen LogP contribution >= 0.6 is 15.9 Å². The van der Waals surface area contributed by atoms with E-state index in [0.29, 0.717) is 6.54 Å². The third kappa shape index (κ3) is 6.68. The summed E-state index contributed by atoms with van der Waals surface area (Å²) in [5.74, 6) is -0.232. The van der Waals surface area contributed by atoms with E-state index >= 15 is 0 Å². The SMILES string of the molecule is CC(=O)NC(CC(=O)NCc1ccccc1CN1CCCC1)c1ccc(Br)cc1. The largest absolute Gasteiger partial charge is 0.352 e. The van der Waals surface area contributed by atoms with Gasteiger partial charge in [0.15, 0.2) is 0 Å². The third-order valence-electron chi connectivity index (χ3n) is 5.23. The molecular formula is C23H28BrN3O2. The van der Waals surface area contributed by atoms with Crippen molar-refractivity contribution in [3.05, 3.63) is 69.7 Å². The summed E-state index contributed by atoms with van der Waals surface area (Å²) in [6, 6.07) is 15.6. The van der Waals surface area contributed by atoms with Crippen molar-refractivity contribution < 1.29 is 9.59 Å². The predicted octanol–water partition coefficient (Wildman–Crippen LogP) is 3.93. The quantitative estimate of drug-likeness (QED) is 0.630. The number of halogens is 1. The lowest BCUT2D eigenvalue weighted by Crippen LogP contribution is -2.32. The molecule has 1 heterocycles. The number of likely N-dealkylation sites (tertiary alicyclic amines) is 1. The summed E-state index contributed by atoms with van der Waals surface area (Å²) < 4.78 is 0.960. The monoisotopic (exact) mass is 457 g/mol. The summed E-state index contributed by atoms with van der Waals surface area (Å²) in [6.45, 7) is 5.19. The van der Waals surface area contributed by atoms with E-state index in [0.717, 1.165) is 35.2 Å². The van der Waals surface area contributed by atoms with Crippen LogP contribution in [-0.4, -0.2) is 29.8 Å². The Labute approximate surface area is 181 Å². The molecule has 1 saturated heterocycles. The molecule has 0 aliphatic carbocycles. The van der Waals surface area contributed by atoms with Crippen molar-refractivity contribution in [2.75, 3.05) is 13.1 Å². The summed E-state index contributed by atoms with van der Waals surface area (Å²) in [6.07, 6.45) is 2.73. The molecule has 154 valence electrons. The molecule has 1 aliphatic rings. The first-order chi connectivity index (χ1) is 14.0. The molecule has 0 radical (unpaired) electrons. The van der Waals surface area contributed by atoms with Crippen LogP contribution < -0.4 is 10.6 Å². The van der Waals surface area contributed by atoms with Crippen molar-refractivity contribution in [2.24, 2.45) is 0 Å². The van der Waals surface area contributed by atoms with E-state index in [1.54, 1.807) is 0 Å². The number of amides is 2. The molecular weight excluding hydrogens is 430 g/mol. The molecule has 6 heteroatoms. The van der Waals surface area contributed by atoms with Gasteiger partial charge in [-0.3, -0.25) is 14.5 Å². The Balaban J connectivity index is 1.60. The van der Waals surface area contributed by atoms with Crippen molar-refractivity contribution in [1.82, 2.24) is 15.5 Å². The first-order valence-electron chi connectivity index (χ1n) is 10.1. The molecule has 1 unspecified atom stereocenters. The molecule has 0 bridgehead atoms. The van der Waals surface area contributed by atoms with Gasteiger partial charge in [-0.15, -0.1) is 0 Å². The topological polar surface area (TPSA) is 61.4 Å². The van der Waals surface area contributed by atoms with Crippen LogP contribution in [0.3, 0.4) is 0 Å². The van der Waals surface area contributed by atoms with Crippen molar-refractivity contribution >= 4 is 27.7 Å². The predicted molar refractivity (Wildman–Crippen MR) is 118 cm³/mol. The number of nitrogens with one attached hydrogen (secondary N) is 2. The van der Waals surface area contributed by atoms with Crippen LogP contribution in [0.2, 0.25) is 0 Å². The van der Waals surface area contributed by atoms with Crippen LogP contribution in [0.1, 0.15) is 48.9 Å². The average Bonchev–Trinajstić information content (AvgIpc) is 3.20. The fraction of sp³-hybridized carbons (Fsp3) is 0.391. The minimum absolute atomic E-state index is 0.0809. The van der Waals surface area contributed by atoms with E-state index in [4.69, 9.17) is 0 Å². The van der Waals surface area contributed by atoms with E-state index in [1.165, 1.54) is 25.3 Å². The number of benzene rings is 2. The van der Waals surface area contributed by atoms with E-state index in [1.807, 2.05) is 30.3 Å². The molecule has 2 aromatic carbocycles. The van der Waals surface area contributed by atoms with Crippen LogP contribution in [0.5, 0.6) is 0 Å². The van der Waals surface area contributed by atoms with Crippen molar-refractivity contribution in [2.45, 2.75) is 45.3 Å². The molecule has 0 saturated carbocycles. The molecule has 0 spiro atoms. The number of carbonyl (C=O) groups is 2. The Morgan fingerprint density at radius 3 is 2.34 bits per heavy atom. The van der Waals surface area contributed by atoms with Gasteiger partial charge < -0.3 is 10.6 Å². The third-order valence-corrected chi connectivity index (χ3v) is 5.76. The highest BCUT2D eigenvalue weighted by molar-refractivity contribution is 9.10. The molecule has 2 amide bonds. The summed E-state index contributed by atoms with van der Waals surface area (Å²) in [5, 5.41) is 5.91. The minimum Gasteiger partial charge on any atom is -0.352 e. The fourth-order valence-corrected chi connectivity index (χ4v) is 3.97. The highest BCUT2D eigenvalue weighted by atomic mass is 79.9. The van der Waals surface area contributed by atoms with Crippen LogP contribution in [-0.2, 0) is 22.7 Å². The molecule has 0 aromatic heterocycles. The van der Waals surface area contributed by atoms with Gasteiger partial charge in [0.05, 0.1) is 12.5 Å². The van der Waals surface area contributed by atoms with Gasteiger partial charge in [-0.25, -0.2) is 0 Å². The lowest BCUT2D eigenvalue weighted by Gasteiger charge is -2.20. The fourth-order valence-electron chi connectivity index (χ4n) is 3.71. The summed E-state index contributed by atoms with van der Waals surface area (Å²) >= 11 is 3.41. The van der Waals surface area contributed by atoms with E-state index < -0.39 is 0 Å². The van der Waals surface area contributed by atoms with Crippen LogP contribution in [0, 0.1) is 0 Å². The molecule has 5 nitrogen and oxygen atoms in total. The first-order valence-corrected chi connectivity index (χ1v) is 10.9. The van der Waals surface area contributed by atoms with Crippen LogP contribution in [0.15, 0.2) is 53.0 Å². The second-order valence-corrected chi connectivity index (χ2v) is 8.45. The second kappa shape index (κ2) is 10.6. The average molecular weight is 458 g/mol. The van der Waals surface area contributed by atoms with E-state index in [-0.39, 0.29) is 24.3 Å². The van der Waals surface area contributed by atoms with Gasteiger partial charge in [-0.1, -0.05) is 52.3 Å². The van der Waals surface area contributed by atoms with Crippen molar-refractivity contribution in [1.29, 1.82) is 0 Å². The first kappa shape index (κ1) is 21.5. The smallest absolute Gasteiger partial charge is 0.222 e. The molecule has 2 aromatic rings. The van der Waals surface area contributed by atoms with Gasteiger partial charge in [-0.2, -0.15) is 0 Å². The summed E-state index contributed by atoms with van der Waals surface area (Å²) in [4.78, 5) is 26.7. The highest BCUT2D eigenvalue weighted by Crippen LogP contribution is 2.20. The zero-order valence-electron chi connectivity index (χ0n) is 16.8. The van der Waals surface area contributed by atoms with Crippen LogP contribution in [0.25, 0.3) is 0 Å². The lowest BCUT2D eigenvalue weighted by molar-refractivity contribution is -0.122. The number of hydrogen-bond acceptors (Lipinski definition) is 3. The van der Waals surface area contributed by atoms with Gasteiger partial charge in [0.2, 0.25) is 11.8 Å². The number of carbonyl (C=O) groups excluding carboxylic acids is 2. The Kier molecular flexibility index (Phi) is 7.83. The van der Waals surface area contributed by atoms with Crippen molar-refractivity contribution in [3.8, 4) is 0 Å². The Morgan fingerprint density at radius 1 is 1.03 bits per heavy atom. The summed E-state index contributed by atoms with van der Waals surface area (Å²) in [7, 11) is 0. The zero-order valence-corrected chi connectivity index (χ0v) is 18.4. The standard InChI is InChI=1S/C23H28BrN3O2/c1-17(28)26-22(18-8-10-21(24)11-9-18)14-23(29)25-15-19-6-2-3-7-20(19)16-27-12-4-5-13-27/h2-3,6-11,22H,4-5,12-16H2,1H3,(H,25,29)(H,26,28). The van der Waals surface area contributed by atoms with Gasteiger partial charge >= 0.3 is 0 Å². The van der Waals surface area contributed by atoms with Crippen molar-refractivity contribution in [3.63, 3.8) is 0 Å². The van der Waals surface area contributed by atoms with Gasteiger partial charge in [0, 0.05) is 24.5 Å². The number of rotatable bonds is 8. The van der Waals surface area contributed by atoms with Gasteiger partial charge in [-0.05, 0) is 54.8 Å². The zero-order chi connectivity index (χ0) is 20.6. The van der Waals surface area contributed by atoms with Crippen LogP contribution in [0.4, 0.5) is 0 Å². The minimum atomic E-state index is -0.347. The molecule has 3 rings (SSSR count). The number of nitrogens with zero attached hydrogens (tertiary/aromatic N) is 1. The highest BCUT2D eigenvalue weighted by Gasteiger charge is 2.18. The van der Waals surface area contributed by atoms with E-state index in [9.17, 15) is 9.59 Å². The molecule has 29 heavy (non-hydrogen) atoms. The molecule has 1 atom stereocenters. The normalized spacial score (nSPS) is 15.1. The Morgan fingerprint density at radius 2 is 1.69 bits per heavy atom. The number of hydrogen-bond donors (Lipinski definition) is 2. The van der Waals surface area contributed by atoms with E-state index in [2.05, 4.69) is 49.7 Å². The maximum atomic E-state index is 12.6. The van der Waals surface area contributed by atoms with Gasteiger partial charge in [0.1, 0.15) is 0 Å². The second-order valence-electron chi connectivity index (χ2n) is 7.54. The Hall–Kier alpha value is -2.18. The maximum absolute atomic E-state index is 12.6. The molecule has 1 aliphatic heterocycles. The van der Waals surface area contributed by atoms with Gasteiger partial charge in [0.25, 0.3) is 0 Å². The maximum Gasteiger partial charge on any atom is 0.222 e. The molecule has 2 N–H and O–H groups in total. The lowest BCUT2D eigenvalue weighted by atomic mass is 10.0. The Bertz CT molecular complexity index is 832. The molecule has 1 fully saturated rings. The summed E-state index contributed by atoms with van der Waals surface area (Å²) in [5.41, 5.74) is 3.32.